The Balaban J connectivity index is 2.19. The van der Waals surface area contributed by atoms with Gasteiger partial charge < -0.3 is 4.74 Å². The normalized spacial score (nSPS) is 12.5. The van der Waals surface area contributed by atoms with E-state index in [4.69, 9.17) is 4.74 Å². The Labute approximate surface area is 152 Å². The van der Waals surface area contributed by atoms with Crippen LogP contribution in [0, 0.1) is 18.3 Å². The van der Waals surface area contributed by atoms with E-state index in [1.165, 1.54) is 12.1 Å². The first-order valence-corrected chi connectivity index (χ1v) is 9.61. The summed E-state index contributed by atoms with van der Waals surface area (Å²) in [7, 11) is -3.97. The van der Waals surface area contributed by atoms with Gasteiger partial charge in [-0.3, -0.25) is 0 Å². The summed E-state index contributed by atoms with van der Waals surface area (Å²) in [6.45, 7) is 3.90. The number of hydrogen-bond donors (Lipinski definition) is 0. The van der Waals surface area contributed by atoms with Crippen LogP contribution in [0.4, 0.5) is 0 Å². The summed E-state index contributed by atoms with van der Waals surface area (Å²) in [5.41, 5.74) is 2.01. The Hall–Kier alpha value is -2.98. The fraction of sp³-hybridized carbons (Fsp3) is 0.211. The SMILES string of the molecule is CCOc1nc2ccccc2nc1[C@@H](C#N)S(=O)(=O)c1ccc(C)cc1. The van der Waals surface area contributed by atoms with Gasteiger partial charge in [0.05, 0.1) is 28.6 Å². The first kappa shape index (κ1) is 17.8. The average Bonchev–Trinajstić information content (AvgIpc) is 2.63. The molecule has 1 atom stereocenters. The largest absolute Gasteiger partial charge is 0.477 e. The second kappa shape index (κ2) is 7.10. The highest BCUT2D eigenvalue weighted by Crippen LogP contribution is 2.33. The quantitative estimate of drug-likeness (QED) is 0.686. The molecule has 0 unspecified atom stereocenters. The maximum absolute atomic E-state index is 13.0. The molecule has 6 nitrogen and oxygen atoms in total. The summed E-state index contributed by atoms with van der Waals surface area (Å²) >= 11 is 0. The van der Waals surface area contributed by atoms with Crippen molar-refractivity contribution in [3.05, 3.63) is 59.8 Å². The van der Waals surface area contributed by atoms with E-state index < -0.39 is 15.1 Å². The van der Waals surface area contributed by atoms with Crippen LogP contribution in [0.2, 0.25) is 0 Å². The van der Waals surface area contributed by atoms with Crippen LogP contribution in [-0.4, -0.2) is 25.0 Å². The Morgan fingerprint density at radius 1 is 1.08 bits per heavy atom. The Kier molecular flexibility index (Phi) is 4.87. The first-order chi connectivity index (χ1) is 12.5. The predicted molar refractivity (Wildman–Crippen MR) is 97.4 cm³/mol. The topological polar surface area (TPSA) is 92.9 Å². The van der Waals surface area contributed by atoms with Gasteiger partial charge in [0, 0.05) is 0 Å². The van der Waals surface area contributed by atoms with Crippen molar-refractivity contribution in [2.75, 3.05) is 6.61 Å². The molecule has 3 rings (SSSR count). The number of aryl methyl sites for hydroxylation is 1. The summed E-state index contributed by atoms with van der Waals surface area (Å²) < 4.78 is 31.5. The zero-order chi connectivity index (χ0) is 18.7. The summed E-state index contributed by atoms with van der Waals surface area (Å²) in [4.78, 5) is 8.80. The molecule has 3 aromatic rings. The molecule has 0 radical (unpaired) electrons. The molecule has 132 valence electrons. The van der Waals surface area contributed by atoms with Crippen molar-refractivity contribution >= 4 is 20.9 Å². The van der Waals surface area contributed by atoms with E-state index in [2.05, 4.69) is 9.97 Å². The molecule has 0 aliphatic heterocycles. The maximum atomic E-state index is 13.0. The summed E-state index contributed by atoms with van der Waals surface area (Å²) in [5, 5.41) is 8.13. The number of sulfone groups is 1. The zero-order valence-corrected chi connectivity index (χ0v) is 15.2. The van der Waals surface area contributed by atoms with Crippen LogP contribution in [-0.2, 0) is 9.84 Å². The molecule has 1 aromatic heterocycles. The van der Waals surface area contributed by atoms with Gasteiger partial charge in [-0.25, -0.2) is 18.4 Å². The number of benzene rings is 2. The van der Waals surface area contributed by atoms with Gasteiger partial charge in [-0.2, -0.15) is 5.26 Å². The number of nitriles is 1. The van der Waals surface area contributed by atoms with Gasteiger partial charge in [-0.05, 0) is 38.1 Å². The van der Waals surface area contributed by atoms with Gasteiger partial charge in [0.25, 0.3) is 0 Å². The van der Waals surface area contributed by atoms with Gasteiger partial charge in [0.15, 0.2) is 5.25 Å². The van der Waals surface area contributed by atoms with Crippen molar-refractivity contribution in [3.63, 3.8) is 0 Å². The van der Waals surface area contributed by atoms with Crippen molar-refractivity contribution in [3.8, 4) is 11.9 Å². The van der Waals surface area contributed by atoms with Crippen LogP contribution in [0.5, 0.6) is 5.88 Å². The van der Waals surface area contributed by atoms with E-state index in [0.717, 1.165) is 5.56 Å². The zero-order valence-electron chi connectivity index (χ0n) is 14.4. The molecule has 0 bridgehead atoms. The lowest BCUT2D eigenvalue weighted by molar-refractivity contribution is 0.322. The van der Waals surface area contributed by atoms with E-state index in [1.807, 2.05) is 13.0 Å². The minimum Gasteiger partial charge on any atom is -0.477 e. The molecular formula is C19H17N3O3S. The van der Waals surface area contributed by atoms with Crippen LogP contribution in [0.15, 0.2) is 53.4 Å². The van der Waals surface area contributed by atoms with Crippen LogP contribution in [0.3, 0.4) is 0 Å². The summed E-state index contributed by atoms with van der Waals surface area (Å²) in [6, 6.07) is 15.3. The molecule has 0 saturated carbocycles. The lowest BCUT2D eigenvalue weighted by atomic mass is 10.2. The highest BCUT2D eigenvalue weighted by Gasteiger charge is 2.34. The van der Waals surface area contributed by atoms with Crippen molar-refractivity contribution in [2.45, 2.75) is 24.0 Å². The average molecular weight is 367 g/mol. The van der Waals surface area contributed by atoms with Crippen molar-refractivity contribution < 1.29 is 13.2 Å². The number of fused-ring (bicyclic) bond motifs is 1. The van der Waals surface area contributed by atoms with Crippen LogP contribution in [0.25, 0.3) is 11.0 Å². The monoisotopic (exact) mass is 367 g/mol. The molecular weight excluding hydrogens is 350 g/mol. The molecule has 0 amide bonds. The molecule has 0 aliphatic carbocycles. The van der Waals surface area contributed by atoms with Crippen molar-refractivity contribution in [1.82, 2.24) is 9.97 Å². The fourth-order valence-corrected chi connectivity index (χ4v) is 3.93. The third kappa shape index (κ3) is 3.24. The molecule has 0 fully saturated rings. The van der Waals surface area contributed by atoms with E-state index >= 15 is 0 Å². The summed E-state index contributed by atoms with van der Waals surface area (Å²) in [5.74, 6) is 0.0634. The molecule has 26 heavy (non-hydrogen) atoms. The second-order valence-electron chi connectivity index (χ2n) is 5.70. The number of para-hydroxylation sites is 2. The van der Waals surface area contributed by atoms with Crippen molar-refractivity contribution in [2.24, 2.45) is 0 Å². The minimum absolute atomic E-state index is 0.00799. The van der Waals surface area contributed by atoms with Crippen molar-refractivity contribution in [1.29, 1.82) is 5.26 Å². The number of hydrogen-bond acceptors (Lipinski definition) is 6. The van der Waals surface area contributed by atoms with E-state index in [-0.39, 0.29) is 23.1 Å². The number of aromatic nitrogens is 2. The van der Waals surface area contributed by atoms with Gasteiger partial charge in [-0.1, -0.05) is 29.8 Å². The lowest BCUT2D eigenvalue weighted by Gasteiger charge is -2.15. The van der Waals surface area contributed by atoms with Gasteiger partial charge >= 0.3 is 0 Å². The van der Waals surface area contributed by atoms with E-state index in [1.54, 1.807) is 43.3 Å². The first-order valence-electron chi connectivity index (χ1n) is 8.07. The van der Waals surface area contributed by atoms with Gasteiger partial charge in [-0.15, -0.1) is 0 Å². The Morgan fingerprint density at radius 3 is 2.27 bits per heavy atom. The van der Waals surface area contributed by atoms with Crippen LogP contribution >= 0.6 is 0 Å². The molecule has 0 N–H and O–H groups in total. The minimum atomic E-state index is -3.97. The lowest BCUT2D eigenvalue weighted by Crippen LogP contribution is -2.16. The van der Waals surface area contributed by atoms with E-state index in [0.29, 0.717) is 11.0 Å². The van der Waals surface area contributed by atoms with Crippen LogP contribution < -0.4 is 4.74 Å². The highest BCUT2D eigenvalue weighted by molar-refractivity contribution is 7.92. The number of ether oxygens (including phenoxy) is 1. The molecule has 2 aromatic carbocycles. The predicted octanol–water partition coefficient (Wildman–Crippen LogP) is 3.38. The fourth-order valence-electron chi connectivity index (χ4n) is 2.55. The Morgan fingerprint density at radius 2 is 1.69 bits per heavy atom. The molecule has 0 saturated heterocycles. The van der Waals surface area contributed by atoms with Crippen LogP contribution in [0.1, 0.15) is 23.4 Å². The molecule has 0 aliphatic rings. The number of rotatable bonds is 5. The van der Waals surface area contributed by atoms with Gasteiger partial charge in [0.1, 0.15) is 5.69 Å². The molecule has 0 spiro atoms. The third-order valence-corrected chi connectivity index (χ3v) is 5.75. The van der Waals surface area contributed by atoms with Gasteiger partial charge in [0.2, 0.25) is 15.7 Å². The smallest absolute Gasteiger partial charge is 0.238 e. The third-order valence-electron chi connectivity index (χ3n) is 3.87. The number of nitrogens with zero attached hydrogens (tertiary/aromatic N) is 3. The molecule has 1 heterocycles. The summed E-state index contributed by atoms with van der Waals surface area (Å²) in [6.07, 6.45) is 0. The Bertz CT molecular complexity index is 1090. The highest BCUT2D eigenvalue weighted by atomic mass is 32.2. The standard InChI is InChI=1S/C19H17N3O3S/c1-3-25-19-18(21-15-6-4-5-7-16(15)22-19)17(12-20)26(23,24)14-10-8-13(2)9-11-14/h4-11,17H,3H2,1-2H3/t17-/m1/s1. The second-order valence-corrected chi connectivity index (χ2v) is 7.74. The molecule has 7 heteroatoms. The maximum Gasteiger partial charge on any atom is 0.238 e. The van der Waals surface area contributed by atoms with E-state index in [9.17, 15) is 13.7 Å².